The van der Waals surface area contributed by atoms with Gasteiger partial charge in [-0.25, -0.2) is 9.37 Å². The van der Waals surface area contributed by atoms with E-state index in [2.05, 4.69) is 15.3 Å². The molecule has 7 heteroatoms. The number of nitrogens with zero attached hydrogens (tertiary/aromatic N) is 2. The Kier molecular flexibility index (Phi) is 6.16. The summed E-state index contributed by atoms with van der Waals surface area (Å²) in [5, 5.41) is 2.78. The van der Waals surface area contributed by atoms with Crippen molar-refractivity contribution >= 4 is 5.91 Å². The van der Waals surface area contributed by atoms with Crippen molar-refractivity contribution in [3.8, 4) is 23.0 Å². The van der Waals surface area contributed by atoms with Crippen LogP contribution in [0.2, 0.25) is 0 Å². The summed E-state index contributed by atoms with van der Waals surface area (Å²) >= 11 is 0. The van der Waals surface area contributed by atoms with Crippen LogP contribution in [-0.2, 0) is 11.3 Å². The third-order valence-corrected chi connectivity index (χ3v) is 3.93. The van der Waals surface area contributed by atoms with Crippen molar-refractivity contribution in [2.75, 3.05) is 13.7 Å². The maximum Gasteiger partial charge on any atom is 0.258 e. The second kappa shape index (κ2) is 8.94. The van der Waals surface area contributed by atoms with Gasteiger partial charge in [0, 0.05) is 23.9 Å². The van der Waals surface area contributed by atoms with E-state index in [1.807, 2.05) is 24.3 Å². The number of benzene rings is 2. The van der Waals surface area contributed by atoms with E-state index in [0.717, 1.165) is 11.3 Å². The van der Waals surface area contributed by atoms with Crippen molar-refractivity contribution < 1.29 is 18.7 Å². The van der Waals surface area contributed by atoms with E-state index in [-0.39, 0.29) is 24.2 Å². The molecular weight excluding hydrogens is 361 g/mol. The summed E-state index contributed by atoms with van der Waals surface area (Å²) in [5.41, 5.74) is 2.30. The Labute approximate surface area is 162 Å². The fraction of sp³-hybridized carbons (Fsp3) is 0.190. The number of aryl methyl sites for hydroxylation is 1. The number of ether oxygens (including phenoxy) is 2. The number of rotatable bonds is 7. The van der Waals surface area contributed by atoms with Gasteiger partial charge in [-0.2, -0.15) is 4.98 Å². The summed E-state index contributed by atoms with van der Waals surface area (Å²) < 4.78 is 23.7. The molecule has 1 amide bonds. The molecule has 1 heterocycles. The fourth-order valence-corrected chi connectivity index (χ4v) is 2.48. The summed E-state index contributed by atoms with van der Waals surface area (Å²) in [7, 11) is 1.60. The highest BCUT2D eigenvalue weighted by atomic mass is 19.1. The minimum absolute atomic E-state index is 0.171. The molecule has 0 saturated carbocycles. The topological polar surface area (TPSA) is 73.3 Å². The third-order valence-electron chi connectivity index (χ3n) is 3.93. The van der Waals surface area contributed by atoms with E-state index >= 15 is 0 Å². The number of amides is 1. The molecule has 1 aromatic heterocycles. The van der Waals surface area contributed by atoms with Crippen LogP contribution in [0, 0.1) is 12.7 Å². The van der Waals surface area contributed by atoms with Gasteiger partial charge in [-0.05, 0) is 48.9 Å². The maximum atomic E-state index is 13.1. The molecular formula is C21H20FN3O3. The molecule has 3 rings (SSSR count). The summed E-state index contributed by atoms with van der Waals surface area (Å²) in [4.78, 5) is 20.7. The van der Waals surface area contributed by atoms with Crippen molar-refractivity contribution in [1.29, 1.82) is 0 Å². The molecule has 0 aliphatic heterocycles. The van der Waals surface area contributed by atoms with Crippen molar-refractivity contribution in [2.45, 2.75) is 13.5 Å². The molecule has 0 aliphatic carbocycles. The summed E-state index contributed by atoms with van der Waals surface area (Å²) in [6.45, 7) is 2.01. The fourth-order valence-electron chi connectivity index (χ4n) is 2.48. The van der Waals surface area contributed by atoms with Gasteiger partial charge in [-0.15, -0.1) is 0 Å². The van der Waals surface area contributed by atoms with E-state index in [0.29, 0.717) is 23.6 Å². The molecule has 28 heavy (non-hydrogen) atoms. The molecule has 0 bridgehead atoms. The number of halogens is 1. The third kappa shape index (κ3) is 5.26. The number of aromatic nitrogens is 2. The van der Waals surface area contributed by atoms with Crippen molar-refractivity contribution in [3.63, 3.8) is 0 Å². The number of hydrogen-bond acceptors (Lipinski definition) is 5. The molecule has 2 aromatic carbocycles. The lowest BCUT2D eigenvalue weighted by Crippen LogP contribution is -2.28. The molecule has 3 aromatic rings. The Morgan fingerprint density at radius 1 is 1.07 bits per heavy atom. The Balaban J connectivity index is 1.57. The standard InChI is InChI=1S/C21H20FN3O3/c1-14-11-20(25-21(24-14)16-5-7-17(22)8-6-16)28-13-19(26)23-12-15-3-9-18(27-2)10-4-15/h3-11H,12-13H2,1-2H3,(H,23,26). The van der Waals surface area contributed by atoms with Crippen LogP contribution in [0.5, 0.6) is 11.6 Å². The van der Waals surface area contributed by atoms with Gasteiger partial charge in [0.1, 0.15) is 11.6 Å². The van der Waals surface area contributed by atoms with E-state index in [4.69, 9.17) is 9.47 Å². The predicted molar refractivity (Wildman–Crippen MR) is 102 cm³/mol. The molecule has 1 N–H and O–H groups in total. The predicted octanol–water partition coefficient (Wildman–Crippen LogP) is 3.29. The Hall–Kier alpha value is -3.48. The Morgan fingerprint density at radius 2 is 1.79 bits per heavy atom. The highest BCUT2D eigenvalue weighted by Crippen LogP contribution is 2.19. The zero-order chi connectivity index (χ0) is 19.9. The first kappa shape index (κ1) is 19.3. The van der Waals surface area contributed by atoms with Gasteiger partial charge in [0.2, 0.25) is 5.88 Å². The molecule has 6 nitrogen and oxygen atoms in total. The SMILES string of the molecule is COc1ccc(CNC(=O)COc2cc(C)nc(-c3ccc(F)cc3)n2)cc1. The van der Waals surface area contributed by atoms with Crippen LogP contribution in [0.4, 0.5) is 4.39 Å². The first-order valence-electron chi connectivity index (χ1n) is 8.67. The van der Waals surface area contributed by atoms with Gasteiger partial charge >= 0.3 is 0 Å². The number of carbonyl (C=O) groups is 1. The lowest BCUT2D eigenvalue weighted by molar-refractivity contribution is -0.123. The van der Waals surface area contributed by atoms with Crippen LogP contribution < -0.4 is 14.8 Å². The molecule has 0 atom stereocenters. The minimum Gasteiger partial charge on any atom is -0.497 e. The van der Waals surface area contributed by atoms with E-state index in [9.17, 15) is 9.18 Å². The van der Waals surface area contributed by atoms with E-state index in [1.165, 1.54) is 12.1 Å². The summed E-state index contributed by atoms with van der Waals surface area (Å²) in [6, 6.07) is 14.9. The van der Waals surface area contributed by atoms with Crippen molar-refractivity contribution in [1.82, 2.24) is 15.3 Å². The zero-order valence-electron chi connectivity index (χ0n) is 15.6. The number of nitrogens with one attached hydrogen (secondary N) is 1. The molecule has 0 unspecified atom stereocenters. The number of hydrogen-bond donors (Lipinski definition) is 1. The van der Waals surface area contributed by atoms with E-state index < -0.39 is 0 Å². The average Bonchev–Trinajstić information content (AvgIpc) is 2.71. The zero-order valence-corrected chi connectivity index (χ0v) is 15.6. The van der Waals surface area contributed by atoms with E-state index in [1.54, 1.807) is 32.2 Å². The van der Waals surface area contributed by atoms with Crippen LogP contribution in [-0.4, -0.2) is 29.6 Å². The first-order chi connectivity index (χ1) is 13.5. The van der Waals surface area contributed by atoms with Gasteiger partial charge in [0.25, 0.3) is 5.91 Å². The molecule has 0 saturated heterocycles. The van der Waals surface area contributed by atoms with Crippen molar-refractivity contribution in [2.24, 2.45) is 0 Å². The summed E-state index contributed by atoms with van der Waals surface area (Å²) in [6.07, 6.45) is 0. The normalized spacial score (nSPS) is 10.4. The largest absolute Gasteiger partial charge is 0.497 e. The summed E-state index contributed by atoms with van der Waals surface area (Å²) in [5.74, 6) is 0.853. The molecule has 0 radical (unpaired) electrons. The average molecular weight is 381 g/mol. The van der Waals surface area contributed by atoms with Crippen LogP contribution in [0.1, 0.15) is 11.3 Å². The van der Waals surface area contributed by atoms with Gasteiger partial charge in [-0.1, -0.05) is 12.1 Å². The lowest BCUT2D eigenvalue weighted by atomic mass is 10.2. The second-order valence-electron chi connectivity index (χ2n) is 6.09. The molecule has 0 spiro atoms. The maximum absolute atomic E-state index is 13.1. The van der Waals surface area contributed by atoms with Crippen LogP contribution >= 0.6 is 0 Å². The van der Waals surface area contributed by atoms with Gasteiger partial charge in [0.05, 0.1) is 7.11 Å². The minimum atomic E-state index is -0.332. The molecule has 144 valence electrons. The smallest absolute Gasteiger partial charge is 0.258 e. The monoisotopic (exact) mass is 381 g/mol. The van der Waals surface area contributed by atoms with Crippen LogP contribution in [0.25, 0.3) is 11.4 Å². The van der Waals surface area contributed by atoms with Crippen molar-refractivity contribution in [3.05, 3.63) is 71.7 Å². The Bertz CT molecular complexity index is 944. The highest BCUT2D eigenvalue weighted by molar-refractivity contribution is 5.77. The van der Waals surface area contributed by atoms with Gasteiger partial charge < -0.3 is 14.8 Å². The second-order valence-corrected chi connectivity index (χ2v) is 6.09. The molecule has 0 aliphatic rings. The Morgan fingerprint density at radius 3 is 2.46 bits per heavy atom. The highest BCUT2D eigenvalue weighted by Gasteiger charge is 2.09. The first-order valence-corrected chi connectivity index (χ1v) is 8.67. The van der Waals surface area contributed by atoms with Crippen LogP contribution in [0.3, 0.4) is 0 Å². The molecule has 0 fully saturated rings. The van der Waals surface area contributed by atoms with Crippen LogP contribution in [0.15, 0.2) is 54.6 Å². The quantitative estimate of drug-likeness (QED) is 0.680. The number of methoxy groups -OCH3 is 1. The number of carbonyl (C=O) groups excluding carboxylic acids is 1. The van der Waals surface area contributed by atoms with Gasteiger partial charge in [-0.3, -0.25) is 4.79 Å². The van der Waals surface area contributed by atoms with Gasteiger partial charge in [0.15, 0.2) is 12.4 Å². The lowest BCUT2D eigenvalue weighted by Gasteiger charge is -2.09.